The van der Waals surface area contributed by atoms with Crippen LogP contribution in [-0.2, 0) is 10.1 Å². The van der Waals surface area contributed by atoms with Gasteiger partial charge in [-0.05, 0) is 36.0 Å². The van der Waals surface area contributed by atoms with Gasteiger partial charge in [0.2, 0.25) is 0 Å². The van der Waals surface area contributed by atoms with E-state index >= 15 is 0 Å². The van der Waals surface area contributed by atoms with E-state index in [1.807, 2.05) is 0 Å². The Kier molecular flexibility index (Phi) is 10.1. The van der Waals surface area contributed by atoms with E-state index in [0.29, 0.717) is 5.92 Å². The van der Waals surface area contributed by atoms with Gasteiger partial charge in [0.1, 0.15) is 0 Å². The van der Waals surface area contributed by atoms with Crippen LogP contribution in [0.1, 0.15) is 64.4 Å². The average molecular weight is 322 g/mol. The van der Waals surface area contributed by atoms with Gasteiger partial charge in [-0.15, -0.1) is 0 Å². The summed E-state index contributed by atoms with van der Waals surface area (Å²) in [7, 11) is -4.08. The fourth-order valence-corrected chi connectivity index (χ4v) is 3.02. The summed E-state index contributed by atoms with van der Waals surface area (Å²) in [5, 5.41) is 0. The van der Waals surface area contributed by atoms with E-state index in [0.717, 1.165) is 17.9 Å². The summed E-state index contributed by atoms with van der Waals surface area (Å²) in [6.07, 6.45) is 6.09. The molecule has 21 heavy (non-hydrogen) atoms. The van der Waals surface area contributed by atoms with Gasteiger partial charge >= 0.3 is 29.6 Å². The van der Waals surface area contributed by atoms with Crippen LogP contribution < -0.4 is 0 Å². The molecule has 0 aliphatic carbocycles. The van der Waals surface area contributed by atoms with E-state index in [-0.39, 0.29) is 34.5 Å². The molecule has 1 aromatic rings. The van der Waals surface area contributed by atoms with Gasteiger partial charge in [-0.2, -0.15) is 8.42 Å². The SMILES string of the molecule is CCCC(C)CCCC(C)c1ccc(S(=O)(=O)O)cc1.[NaH]. The molecule has 0 aliphatic rings. The minimum atomic E-state index is -4.08. The van der Waals surface area contributed by atoms with Crippen LogP contribution in [0.2, 0.25) is 0 Å². The first-order valence-electron chi connectivity index (χ1n) is 7.42. The fraction of sp³-hybridized carbons (Fsp3) is 0.625. The molecule has 0 aromatic heterocycles. The van der Waals surface area contributed by atoms with Gasteiger partial charge in [0.05, 0.1) is 4.90 Å². The second kappa shape index (κ2) is 10.0. The maximum atomic E-state index is 11.0. The number of hydrogen-bond donors (Lipinski definition) is 1. The summed E-state index contributed by atoms with van der Waals surface area (Å²) in [6.45, 7) is 6.68. The average Bonchev–Trinajstić information content (AvgIpc) is 2.38. The standard InChI is InChI=1S/C16H26O3S.Na.H/c1-4-6-13(2)7-5-8-14(3)15-9-11-16(12-10-15)20(17,18)19;;/h9-14H,4-8H2,1-3H3,(H,17,18,19);;. The summed E-state index contributed by atoms with van der Waals surface area (Å²) in [5.41, 5.74) is 1.13. The second-order valence-corrected chi connectivity index (χ2v) is 7.19. The van der Waals surface area contributed by atoms with Crippen molar-refractivity contribution in [2.75, 3.05) is 0 Å². The van der Waals surface area contributed by atoms with Crippen molar-refractivity contribution in [3.63, 3.8) is 0 Å². The zero-order chi connectivity index (χ0) is 15.2. The van der Waals surface area contributed by atoms with Crippen molar-refractivity contribution >= 4 is 39.7 Å². The molecule has 3 nitrogen and oxygen atoms in total. The second-order valence-electron chi connectivity index (χ2n) is 5.77. The summed E-state index contributed by atoms with van der Waals surface area (Å²) < 4.78 is 30.9. The van der Waals surface area contributed by atoms with Crippen molar-refractivity contribution in [3.8, 4) is 0 Å². The molecule has 0 bridgehead atoms. The summed E-state index contributed by atoms with van der Waals surface area (Å²) in [4.78, 5) is -0.0370. The molecular formula is C16H27NaO3S. The van der Waals surface area contributed by atoms with Crippen LogP contribution in [0.25, 0.3) is 0 Å². The van der Waals surface area contributed by atoms with Crippen LogP contribution in [0.4, 0.5) is 0 Å². The molecule has 0 radical (unpaired) electrons. The van der Waals surface area contributed by atoms with E-state index in [9.17, 15) is 8.42 Å². The number of hydrogen-bond acceptors (Lipinski definition) is 2. The third kappa shape index (κ3) is 7.80. The van der Waals surface area contributed by atoms with E-state index < -0.39 is 10.1 Å². The van der Waals surface area contributed by atoms with E-state index in [1.54, 1.807) is 12.1 Å². The minimum absolute atomic E-state index is 0. The van der Waals surface area contributed by atoms with Crippen molar-refractivity contribution < 1.29 is 13.0 Å². The zero-order valence-corrected chi connectivity index (χ0v) is 13.5. The van der Waals surface area contributed by atoms with Crippen LogP contribution in [0, 0.1) is 5.92 Å². The van der Waals surface area contributed by atoms with Gasteiger partial charge in [-0.25, -0.2) is 0 Å². The molecule has 1 aromatic carbocycles. The molecule has 0 saturated heterocycles. The van der Waals surface area contributed by atoms with Crippen molar-refractivity contribution in [2.45, 2.75) is 63.7 Å². The normalized spacial score (nSPS) is 14.3. The zero-order valence-electron chi connectivity index (χ0n) is 12.7. The van der Waals surface area contributed by atoms with Gasteiger partial charge in [-0.3, -0.25) is 4.55 Å². The molecule has 2 atom stereocenters. The monoisotopic (exact) mass is 322 g/mol. The fourth-order valence-electron chi connectivity index (χ4n) is 2.54. The van der Waals surface area contributed by atoms with Crippen LogP contribution >= 0.6 is 0 Å². The van der Waals surface area contributed by atoms with Crippen molar-refractivity contribution in [3.05, 3.63) is 29.8 Å². The third-order valence-corrected chi connectivity index (χ3v) is 4.73. The molecule has 5 heteroatoms. The van der Waals surface area contributed by atoms with Crippen LogP contribution in [0.3, 0.4) is 0 Å². The summed E-state index contributed by atoms with van der Waals surface area (Å²) in [5.74, 6) is 1.20. The molecule has 0 fully saturated rings. The van der Waals surface area contributed by atoms with Gasteiger partial charge in [0, 0.05) is 0 Å². The van der Waals surface area contributed by atoms with Crippen molar-refractivity contribution in [1.82, 2.24) is 0 Å². The van der Waals surface area contributed by atoms with E-state index in [4.69, 9.17) is 4.55 Å². The molecule has 0 saturated carbocycles. The van der Waals surface area contributed by atoms with Gasteiger partial charge < -0.3 is 0 Å². The molecule has 0 aliphatic heterocycles. The van der Waals surface area contributed by atoms with Crippen LogP contribution in [0.5, 0.6) is 0 Å². The summed E-state index contributed by atoms with van der Waals surface area (Å²) in [6, 6.07) is 6.54. The topological polar surface area (TPSA) is 54.4 Å². The molecule has 0 heterocycles. The predicted molar refractivity (Wildman–Crippen MR) is 89.7 cm³/mol. The Morgan fingerprint density at radius 1 is 1.05 bits per heavy atom. The third-order valence-electron chi connectivity index (χ3n) is 3.86. The number of rotatable bonds is 8. The van der Waals surface area contributed by atoms with Gasteiger partial charge in [0.25, 0.3) is 10.1 Å². The predicted octanol–water partition coefficient (Wildman–Crippen LogP) is 3.99. The van der Waals surface area contributed by atoms with E-state index in [1.165, 1.54) is 37.8 Å². The molecule has 116 valence electrons. The van der Waals surface area contributed by atoms with Crippen LogP contribution in [-0.4, -0.2) is 42.5 Å². The molecule has 1 rings (SSSR count). The molecule has 0 spiro atoms. The first kappa shape index (κ1) is 21.1. The molecule has 0 amide bonds. The maximum absolute atomic E-state index is 11.0. The molecule has 2 unspecified atom stereocenters. The Hall–Kier alpha value is 0.130. The van der Waals surface area contributed by atoms with Gasteiger partial charge in [0.15, 0.2) is 0 Å². The quantitative estimate of drug-likeness (QED) is 0.581. The van der Waals surface area contributed by atoms with E-state index in [2.05, 4.69) is 20.8 Å². The Balaban J connectivity index is 0.00000400. The molecule has 1 N–H and O–H groups in total. The Labute approximate surface area is 151 Å². The van der Waals surface area contributed by atoms with Gasteiger partial charge in [-0.1, -0.05) is 58.6 Å². The van der Waals surface area contributed by atoms with Crippen LogP contribution in [0.15, 0.2) is 29.2 Å². The molecular weight excluding hydrogens is 295 g/mol. The van der Waals surface area contributed by atoms with Crippen molar-refractivity contribution in [2.24, 2.45) is 5.92 Å². The Morgan fingerprint density at radius 3 is 2.10 bits per heavy atom. The van der Waals surface area contributed by atoms with Crippen molar-refractivity contribution in [1.29, 1.82) is 0 Å². The summed E-state index contributed by atoms with van der Waals surface area (Å²) >= 11 is 0. The Morgan fingerprint density at radius 2 is 1.62 bits per heavy atom. The number of benzene rings is 1. The Bertz CT molecular complexity index is 497. The first-order valence-corrected chi connectivity index (χ1v) is 8.86. The first-order chi connectivity index (χ1) is 9.34.